The summed E-state index contributed by atoms with van der Waals surface area (Å²) in [5, 5.41) is 1.24. The summed E-state index contributed by atoms with van der Waals surface area (Å²) < 4.78 is 21.7. The Kier molecular flexibility index (Phi) is 6.42. The molecule has 0 atom stereocenters. The lowest BCUT2D eigenvalue weighted by Crippen LogP contribution is -2.10. The second-order valence-corrected chi connectivity index (χ2v) is 7.31. The van der Waals surface area contributed by atoms with Crippen molar-refractivity contribution in [2.24, 2.45) is 0 Å². The van der Waals surface area contributed by atoms with E-state index in [0.717, 1.165) is 5.56 Å². The molecule has 0 fully saturated rings. The van der Waals surface area contributed by atoms with Crippen LogP contribution in [0.15, 0.2) is 82.0 Å². The van der Waals surface area contributed by atoms with Crippen molar-refractivity contribution in [1.82, 2.24) is 0 Å². The average Bonchev–Trinajstić information content (AvgIpc) is 2.81. The molecule has 1 aromatic heterocycles. The number of carbonyl (C=O) groups excluding carboxylic acids is 1. The van der Waals surface area contributed by atoms with Gasteiger partial charge in [-0.1, -0.05) is 41.9 Å². The normalized spacial score (nSPS) is 10.7. The summed E-state index contributed by atoms with van der Waals surface area (Å²) in [6.45, 7) is 0.0995. The molecule has 0 saturated carbocycles. The van der Waals surface area contributed by atoms with Crippen molar-refractivity contribution in [3.8, 4) is 11.5 Å². The first-order valence-corrected chi connectivity index (χ1v) is 10.2. The van der Waals surface area contributed by atoms with Gasteiger partial charge in [0.2, 0.25) is 0 Å². The number of esters is 1. The monoisotopic (exact) mass is 450 g/mol. The van der Waals surface area contributed by atoms with E-state index >= 15 is 0 Å². The van der Waals surface area contributed by atoms with E-state index in [-0.39, 0.29) is 18.8 Å². The highest BCUT2D eigenvalue weighted by atomic mass is 35.5. The quantitative estimate of drug-likeness (QED) is 0.277. The van der Waals surface area contributed by atoms with Gasteiger partial charge in [-0.2, -0.15) is 0 Å². The zero-order chi connectivity index (χ0) is 22.5. The van der Waals surface area contributed by atoms with Crippen LogP contribution in [0.2, 0.25) is 5.02 Å². The first kappa shape index (κ1) is 21.5. The van der Waals surface area contributed by atoms with Gasteiger partial charge in [0.1, 0.15) is 35.9 Å². The zero-order valence-electron chi connectivity index (χ0n) is 17.2. The van der Waals surface area contributed by atoms with E-state index in [9.17, 15) is 9.59 Å². The molecule has 0 saturated heterocycles. The van der Waals surface area contributed by atoms with Crippen LogP contribution < -0.4 is 15.1 Å². The minimum Gasteiger partial charge on any atom is -0.497 e. The third-order valence-corrected chi connectivity index (χ3v) is 5.21. The van der Waals surface area contributed by atoms with Gasteiger partial charge in [0, 0.05) is 33.7 Å². The Balaban J connectivity index is 1.52. The Labute approximate surface area is 188 Å². The minimum absolute atomic E-state index is 0.105. The van der Waals surface area contributed by atoms with Crippen molar-refractivity contribution in [1.29, 1.82) is 0 Å². The fraction of sp³-hybridized carbons (Fsp3) is 0.120. The summed E-state index contributed by atoms with van der Waals surface area (Å²) in [5.74, 6) is 0.355. The molecule has 32 heavy (non-hydrogen) atoms. The van der Waals surface area contributed by atoms with E-state index in [1.165, 1.54) is 13.2 Å². The van der Waals surface area contributed by atoms with Crippen molar-refractivity contribution in [3.63, 3.8) is 0 Å². The fourth-order valence-corrected chi connectivity index (χ4v) is 3.40. The van der Waals surface area contributed by atoms with Gasteiger partial charge in [-0.3, -0.25) is 0 Å². The fourth-order valence-electron chi connectivity index (χ4n) is 3.21. The molecule has 0 bridgehead atoms. The molecular formula is C25H19ClO6. The van der Waals surface area contributed by atoms with E-state index in [1.807, 2.05) is 18.2 Å². The van der Waals surface area contributed by atoms with Gasteiger partial charge in [-0.05, 0) is 30.3 Å². The van der Waals surface area contributed by atoms with Crippen LogP contribution in [-0.4, -0.2) is 13.1 Å². The largest absolute Gasteiger partial charge is 0.497 e. The number of halogens is 1. The van der Waals surface area contributed by atoms with E-state index in [4.69, 9.17) is 30.2 Å². The summed E-state index contributed by atoms with van der Waals surface area (Å²) in [5.41, 5.74) is 1.41. The molecule has 7 heteroatoms. The molecule has 0 amide bonds. The first-order chi connectivity index (χ1) is 15.5. The van der Waals surface area contributed by atoms with Crippen molar-refractivity contribution in [2.45, 2.75) is 13.2 Å². The second kappa shape index (κ2) is 9.58. The van der Waals surface area contributed by atoms with Crippen molar-refractivity contribution < 1.29 is 23.4 Å². The highest BCUT2D eigenvalue weighted by molar-refractivity contribution is 6.31. The summed E-state index contributed by atoms with van der Waals surface area (Å²) in [7, 11) is 1.52. The van der Waals surface area contributed by atoms with Gasteiger partial charge in [-0.15, -0.1) is 0 Å². The van der Waals surface area contributed by atoms with Gasteiger partial charge >= 0.3 is 11.6 Å². The van der Waals surface area contributed by atoms with E-state index < -0.39 is 11.6 Å². The molecule has 162 valence electrons. The predicted octanol–water partition coefficient (Wildman–Crippen LogP) is 5.39. The number of rotatable bonds is 7. The van der Waals surface area contributed by atoms with Crippen LogP contribution in [0.4, 0.5) is 0 Å². The Morgan fingerprint density at radius 2 is 1.72 bits per heavy atom. The molecule has 0 radical (unpaired) electrons. The van der Waals surface area contributed by atoms with Crippen LogP contribution in [0.1, 0.15) is 21.5 Å². The number of ether oxygens (including phenoxy) is 3. The summed E-state index contributed by atoms with van der Waals surface area (Å²) in [6.07, 6.45) is 0. The minimum atomic E-state index is -0.574. The molecule has 0 aliphatic heterocycles. The molecule has 4 rings (SSSR count). The van der Waals surface area contributed by atoms with Crippen LogP contribution in [0, 0.1) is 0 Å². The van der Waals surface area contributed by atoms with Crippen molar-refractivity contribution in [3.05, 3.63) is 105 Å². The third-order valence-electron chi connectivity index (χ3n) is 4.84. The number of methoxy groups -OCH3 is 1. The molecule has 0 N–H and O–H groups in total. The van der Waals surface area contributed by atoms with Gasteiger partial charge in [0.25, 0.3) is 0 Å². The molecule has 1 heterocycles. The number of para-hydroxylation sites is 1. The SMILES string of the molecule is COc1ccc2c(COC(=O)c3ccccc3OCc3ccccc3Cl)cc(=O)oc2c1. The average molecular weight is 451 g/mol. The lowest BCUT2D eigenvalue weighted by Gasteiger charge is -2.12. The van der Waals surface area contributed by atoms with Gasteiger partial charge in [0.15, 0.2) is 0 Å². The molecule has 6 nitrogen and oxygen atoms in total. The van der Waals surface area contributed by atoms with Crippen LogP contribution in [-0.2, 0) is 18.0 Å². The lowest BCUT2D eigenvalue weighted by molar-refractivity contribution is 0.0468. The summed E-state index contributed by atoms with van der Waals surface area (Å²) in [4.78, 5) is 24.7. The number of benzene rings is 3. The Morgan fingerprint density at radius 3 is 2.53 bits per heavy atom. The number of fused-ring (bicyclic) bond motifs is 1. The van der Waals surface area contributed by atoms with Crippen LogP contribution in [0.3, 0.4) is 0 Å². The summed E-state index contributed by atoms with van der Waals surface area (Å²) >= 11 is 6.18. The second-order valence-electron chi connectivity index (χ2n) is 6.91. The third kappa shape index (κ3) is 4.76. The van der Waals surface area contributed by atoms with Gasteiger partial charge in [0.05, 0.1) is 7.11 Å². The molecule has 0 aliphatic carbocycles. The molecule has 4 aromatic rings. The maximum Gasteiger partial charge on any atom is 0.342 e. The van der Waals surface area contributed by atoms with Gasteiger partial charge < -0.3 is 18.6 Å². The molecular weight excluding hydrogens is 432 g/mol. The highest BCUT2D eigenvalue weighted by Gasteiger charge is 2.16. The molecule has 0 spiro atoms. The lowest BCUT2D eigenvalue weighted by atomic mass is 10.1. The smallest absolute Gasteiger partial charge is 0.342 e. The summed E-state index contributed by atoms with van der Waals surface area (Å²) in [6, 6.07) is 20.5. The number of carbonyl (C=O) groups is 1. The number of hydrogen-bond donors (Lipinski definition) is 0. The predicted molar refractivity (Wildman–Crippen MR) is 120 cm³/mol. The van der Waals surface area contributed by atoms with Crippen molar-refractivity contribution in [2.75, 3.05) is 7.11 Å². The van der Waals surface area contributed by atoms with Gasteiger partial charge in [-0.25, -0.2) is 9.59 Å². The maximum absolute atomic E-state index is 12.8. The zero-order valence-corrected chi connectivity index (χ0v) is 17.9. The molecule has 0 unspecified atom stereocenters. The molecule has 0 aliphatic rings. The highest BCUT2D eigenvalue weighted by Crippen LogP contribution is 2.25. The van der Waals surface area contributed by atoms with E-state index in [2.05, 4.69) is 0 Å². The maximum atomic E-state index is 12.8. The number of hydrogen-bond acceptors (Lipinski definition) is 6. The molecule has 3 aromatic carbocycles. The topological polar surface area (TPSA) is 75.0 Å². The van der Waals surface area contributed by atoms with Crippen LogP contribution in [0.5, 0.6) is 11.5 Å². The van der Waals surface area contributed by atoms with Crippen molar-refractivity contribution >= 4 is 28.5 Å². The van der Waals surface area contributed by atoms with Crippen LogP contribution in [0.25, 0.3) is 11.0 Å². The Morgan fingerprint density at radius 1 is 0.938 bits per heavy atom. The van der Waals surface area contributed by atoms with E-state index in [0.29, 0.717) is 33.1 Å². The first-order valence-electron chi connectivity index (χ1n) is 9.78. The Bertz CT molecular complexity index is 1330. The van der Waals surface area contributed by atoms with Crippen LogP contribution >= 0.6 is 11.6 Å². The standard InChI is InChI=1S/C25H19ClO6/c1-29-18-10-11-19-17(12-24(27)32-23(19)13-18)15-31-25(28)20-7-3-5-9-22(20)30-14-16-6-2-4-8-21(16)26/h2-13H,14-15H2,1H3. The Hall–Kier alpha value is -3.77. The van der Waals surface area contributed by atoms with E-state index in [1.54, 1.807) is 48.5 Å².